The lowest BCUT2D eigenvalue weighted by Gasteiger charge is -2.11. The van der Waals surface area contributed by atoms with Crippen molar-refractivity contribution in [1.82, 2.24) is 0 Å². The van der Waals surface area contributed by atoms with Gasteiger partial charge in [0.25, 0.3) is 5.69 Å². The van der Waals surface area contributed by atoms with Gasteiger partial charge in [0.1, 0.15) is 0 Å². The average Bonchev–Trinajstić information content (AvgIpc) is 2.98. The molecule has 0 aromatic heterocycles. The molecule has 0 amide bonds. The van der Waals surface area contributed by atoms with Gasteiger partial charge in [-0.25, -0.2) is 0 Å². The van der Waals surface area contributed by atoms with Crippen molar-refractivity contribution >= 4 is 5.69 Å². The van der Waals surface area contributed by atoms with Crippen LogP contribution in [0.25, 0.3) is 0 Å². The minimum atomic E-state index is -4.52. The molecule has 1 saturated carbocycles. The monoisotopic (exact) mass is 231 g/mol. The second-order valence-corrected chi connectivity index (χ2v) is 3.80. The Morgan fingerprint density at radius 2 is 1.94 bits per heavy atom. The maximum atomic E-state index is 12.7. The first-order valence-electron chi connectivity index (χ1n) is 4.75. The van der Waals surface area contributed by atoms with Crippen LogP contribution in [0, 0.1) is 10.1 Å². The fraction of sp³-hybridized carbons (Fsp3) is 0.400. The van der Waals surface area contributed by atoms with E-state index in [-0.39, 0.29) is 11.5 Å². The van der Waals surface area contributed by atoms with E-state index < -0.39 is 22.4 Å². The summed E-state index contributed by atoms with van der Waals surface area (Å²) in [6.07, 6.45) is -3.08. The van der Waals surface area contributed by atoms with Crippen LogP contribution in [0.2, 0.25) is 0 Å². The van der Waals surface area contributed by atoms with E-state index in [1.807, 2.05) is 0 Å². The zero-order chi connectivity index (χ0) is 11.9. The highest BCUT2D eigenvalue weighted by atomic mass is 19.4. The summed E-state index contributed by atoms with van der Waals surface area (Å²) in [6, 6.07) is 2.97. The first-order valence-corrected chi connectivity index (χ1v) is 4.75. The van der Waals surface area contributed by atoms with Gasteiger partial charge < -0.3 is 0 Å². The van der Waals surface area contributed by atoms with Gasteiger partial charge >= 0.3 is 6.18 Å². The molecule has 1 fully saturated rings. The predicted molar refractivity (Wildman–Crippen MR) is 50.1 cm³/mol. The molecule has 1 aliphatic carbocycles. The van der Waals surface area contributed by atoms with Gasteiger partial charge in [-0.2, -0.15) is 13.2 Å². The molecular formula is C10H8F3NO2. The van der Waals surface area contributed by atoms with Crippen LogP contribution >= 0.6 is 0 Å². The van der Waals surface area contributed by atoms with E-state index in [1.54, 1.807) is 0 Å². The van der Waals surface area contributed by atoms with Crippen molar-refractivity contribution in [3.8, 4) is 0 Å². The second-order valence-electron chi connectivity index (χ2n) is 3.80. The zero-order valence-corrected chi connectivity index (χ0v) is 8.12. The van der Waals surface area contributed by atoms with Crippen molar-refractivity contribution in [3.05, 3.63) is 39.4 Å². The Labute approximate surface area is 89.0 Å². The summed E-state index contributed by atoms with van der Waals surface area (Å²) >= 11 is 0. The van der Waals surface area contributed by atoms with Crippen molar-refractivity contribution in [3.63, 3.8) is 0 Å². The van der Waals surface area contributed by atoms with E-state index in [2.05, 4.69) is 0 Å². The number of rotatable bonds is 2. The van der Waals surface area contributed by atoms with Crippen LogP contribution in [0.3, 0.4) is 0 Å². The molecule has 0 aliphatic heterocycles. The molecule has 16 heavy (non-hydrogen) atoms. The summed E-state index contributed by atoms with van der Waals surface area (Å²) < 4.78 is 38.0. The van der Waals surface area contributed by atoms with E-state index in [0.29, 0.717) is 6.07 Å². The van der Waals surface area contributed by atoms with E-state index in [9.17, 15) is 23.3 Å². The van der Waals surface area contributed by atoms with Crippen LogP contribution < -0.4 is 0 Å². The summed E-state index contributed by atoms with van der Waals surface area (Å²) in [6.45, 7) is 0. The van der Waals surface area contributed by atoms with Gasteiger partial charge in [0.2, 0.25) is 0 Å². The number of benzene rings is 1. The number of alkyl halides is 3. The van der Waals surface area contributed by atoms with Crippen molar-refractivity contribution in [2.45, 2.75) is 24.9 Å². The van der Waals surface area contributed by atoms with E-state index in [4.69, 9.17) is 0 Å². The van der Waals surface area contributed by atoms with Crippen molar-refractivity contribution in [2.75, 3.05) is 0 Å². The van der Waals surface area contributed by atoms with Crippen LogP contribution in [0.1, 0.15) is 29.9 Å². The van der Waals surface area contributed by atoms with Crippen LogP contribution in [-0.2, 0) is 6.18 Å². The van der Waals surface area contributed by atoms with Crippen molar-refractivity contribution in [2.24, 2.45) is 0 Å². The van der Waals surface area contributed by atoms with Gasteiger partial charge in [-0.3, -0.25) is 10.1 Å². The summed E-state index contributed by atoms with van der Waals surface area (Å²) in [5.74, 6) is -0.0857. The molecule has 2 rings (SSSR count). The van der Waals surface area contributed by atoms with Crippen LogP contribution in [0.4, 0.5) is 18.9 Å². The van der Waals surface area contributed by atoms with Crippen molar-refractivity contribution in [1.29, 1.82) is 0 Å². The largest absolute Gasteiger partial charge is 0.416 e. The van der Waals surface area contributed by atoms with Gasteiger partial charge in [-0.15, -0.1) is 0 Å². The van der Waals surface area contributed by atoms with Gasteiger partial charge in [-0.1, -0.05) is 6.07 Å². The molecular weight excluding hydrogens is 223 g/mol. The quantitative estimate of drug-likeness (QED) is 0.577. The Kier molecular flexibility index (Phi) is 2.36. The Bertz CT molecular complexity index is 438. The number of nitro benzene ring substituents is 1. The molecule has 0 bridgehead atoms. The number of hydrogen-bond donors (Lipinski definition) is 0. The average molecular weight is 231 g/mol. The predicted octanol–water partition coefficient (Wildman–Crippen LogP) is 3.49. The summed E-state index contributed by atoms with van der Waals surface area (Å²) in [5, 5.41) is 10.4. The zero-order valence-electron chi connectivity index (χ0n) is 8.12. The molecule has 0 unspecified atom stereocenters. The molecule has 0 N–H and O–H groups in total. The lowest BCUT2D eigenvalue weighted by molar-refractivity contribution is -0.385. The highest BCUT2D eigenvalue weighted by Crippen LogP contribution is 2.46. The lowest BCUT2D eigenvalue weighted by Crippen LogP contribution is -2.09. The standard InChI is InChI=1S/C10H8F3NO2/c11-10(12,13)9-5-7(14(15)16)3-4-8(9)6-1-2-6/h3-6H,1-2H2. The molecule has 0 radical (unpaired) electrons. The Hall–Kier alpha value is -1.59. The molecule has 1 aromatic carbocycles. The molecule has 3 nitrogen and oxygen atoms in total. The number of nitrogens with zero attached hydrogens (tertiary/aromatic N) is 1. The normalized spacial score (nSPS) is 16.2. The van der Waals surface area contributed by atoms with E-state index in [1.165, 1.54) is 6.07 Å². The Morgan fingerprint density at radius 1 is 1.31 bits per heavy atom. The molecule has 0 atom stereocenters. The molecule has 0 heterocycles. The molecule has 0 spiro atoms. The molecule has 0 saturated heterocycles. The Balaban J connectivity index is 2.51. The number of nitro groups is 1. The van der Waals surface area contributed by atoms with Gasteiger partial charge in [0.05, 0.1) is 10.5 Å². The third kappa shape index (κ3) is 2.00. The fourth-order valence-electron chi connectivity index (χ4n) is 1.65. The SMILES string of the molecule is O=[N+]([O-])c1ccc(C2CC2)c(C(F)(F)F)c1. The lowest BCUT2D eigenvalue weighted by atomic mass is 10.0. The minimum absolute atomic E-state index is 0.0857. The smallest absolute Gasteiger partial charge is 0.258 e. The summed E-state index contributed by atoms with van der Waals surface area (Å²) in [7, 11) is 0. The maximum absolute atomic E-state index is 12.7. The number of hydrogen-bond acceptors (Lipinski definition) is 2. The first-order chi connectivity index (χ1) is 7.39. The van der Waals surface area contributed by atoms with Gasteiger partial charge in [-0.05, 0) is 24.3 Å². The number of non-ortho nitro benzene ring substituents is 1. The van der Waals surface area contributed by atoms with E-state index in [0.717, 1.165) is 18.9 Å². The topological polar surface area (TPSA) is 43.1 Å². The fourth-order valence-corrected chi connectivity index (χ4v) is 1.65. The van der Waals surface area contributed by atoms with Crippen molar-refractivity contribution < 1.29 is 18.1 Å². The highest BCUT2D eigenvalue weighted by molar-refractivity contribution is 5.44. The summed E-state index contributed by atoms with van der Waals surface area (Å²) in [4.78, 5) is 9.60. The third-order valence-electron chi connectivity index (χ3n) is 2.57. The van der Waals surface area contributed by atoms with E-state index >= 15 is 0 Å². The molecule has 1 aromatic rings. The van der Waals surface area contributed by atoms with Crippen LogP contribution in [-0.4, -0.2) is 4.92 Å². The minimum Gasteiger partial charge on any atom is -0.258 e. The van der Waals surface area contributed by atoms with Crippen LogP contribution in [0.5, 0.6) is 0 Å². The number of halogens is 3. The second kappa shape index (κ2) is 3.47. The van der Waals surface area contributed by atoms with Gasteiger partial charge in [0, 0.05) is 12.1 Å². The first kappa shape index (κ1) is 10.9. The van der Waals surface area contributed by atoms with Gasteiger partial charge in [0.15, 0.2) is 0 Å². The molecule has 86 valence electrons. The highest BCUT2D eigenvalue weighted by Gasteiger charge is 2.39. The van der Waals surface area contributed by atoms with Crippen LogP contribution in [0.15, 0.2) is 18.2 Å². The Morgan fingerprint density at radius 3 is 2.38 bits per heavy atom. The molecule has 6 heteroatoms. The molecule has 1 aliphatic rings. The summed E-state index contributed by atoms with van der Waals surface area (Å²) in [5.41, 5.74) is -1.21. The third-order valence-corrected chi connectivity index (χ3v) is 2.57. The maximum Gasteiger partial charge on any atom is 0.416 e.